The Kier molecular flexibility index (Phi) is 4.69. The van der Waals surface area contributed by atoms with Gasteiger partial charge in [0.05, 0.1) is 5.52 Å². The van der Waals surface area contributed by atoms with Crippen molar-refractivity contribution in [3.05, 3.63) is 48.9 Å². The molecule has 0 saturated carbocycles. The van der Waals surface area contributed by atoms with Gasteiger partial charge in [-0.1, -0.05) is 27.7 Å². The lowest BCUT2D eigenvalue weighted by Crippen LogP contribution is -2.22. The molecule has 1 aromatic carbocycles. The SMILES string of the molecule is CCc1c(CC)c(CC)c2c(O)cc(=O)c(=O)[nH]c2c1CC. The molecule has 0 aliphatic carbocycles. The van der Waals surface area contributed by atoms with Crippen molar-refractivity contribution in [1.82, 2.24) is 4.98 Å². The maximum Gasteiger partial charge on any atom is 0.296 e. The molecule has 0 amide bonds. The predicted molar refractivity (Wildman–Crippen MR) is 90.0 cm³/mol. The number of benzene rings is 1. The van der Waals surface area contributed by atoms with Crippen LogP contribution in [0.4, 0.5) is 0 Å². The highest BCUT2D eigenvalue weighted by Crippen LogP contribution is 2.34. The van der Waals surface area contributed by atoms with Gasteiger partial charge < -0.3 is 10.1 Å². The van der Waals surface area contributed by atoms with Crippen LogP contribution in [0.5, 0.6) is 5.75 Å². The molecule has 0 fully saturated rings. The van der Waals surface area contributed by atoms with E-state index in [1.165, 1.54) is 11.1 Å². The molecule has 118 valence electrons. The summed E-state index contributed by atoms with van der Waals surface area (Å²) in [6, 6.07) is 1.03. The lowest BCUT2D eigenvalue weighted by Gasteiger charge is -2.19. The van der Waals surface area contributed by atoms with Crippen molar-refractivity contribution < 1.29 is 5.11 Å². The molecule has 0 saturated heterocycles. The molecular formula is C18H23NO3. The van der Waals surface area contributed by atoms with E-state index in [1.807, 2.05) is 13.8 Å². The van der Waals surface area contributed by atoms with E-state index >= 15 is 0 Å². The number of aromatic nitrogens is 1. The fraction of sp³-hybridized carbons (Fsp3) is 0.444. The van der Waals surface area contributed by atoms with Crippen LogP contribution in [0, 0.1) is 0 Å². The molecule has 0 unspecified atom stereocenters. The van der Waals surface area contributed by atoms with E-state index in [9.17, 15) is 14.7 Å². The first-order valence-electron chi connectivity index (χ1n) is 7.95. The Morgan fingerprint density at radius 3 is 1.86 bits per heavy atom. The van der Waals surface area contributed by atoms with Crippen molar-refractivity contribution in [3.63, 3.8) is 0 Å². The van der Waals surface area contributed by atoms with Crippen LogP contribution in [0.15, 0.2) is 15.7 Å². The van der Waals surface area contributed by atoms with Gasteiger partial charge in [0, 0.05) is 11.5 Å². The van der Waals surface area contributed by atoms with E-state index in [0.29, 0.717) is 10.9 Å². The number of aromatic hydroxyl groups is 1. The third-order valence-electron chi connectivity index (χ3n) is 4.35. The zero-order chi connectivity index (χ0) is 16.4. The van der Waals surface area contributed by atoms with Crippen molar-refractivity contribution in [2.24, 2.45) is 0 Å². The summed E-state index contributed by atoms with van der Waals surface area (Å²) in [5, 5.41) is 11.0. The largest absolute Gasteiger partial charge is 0.507 e. The number of aryl methyl sites for hydroxylation is 2. The van der Waals surface area contributed by atoms with Gasteiger partial charge in [-0.2, -0.15) is 0 Å². The summed E-state index contributed by atoms with van der Waals surface area (Å²) in [6.07, 6.45) is 3.21. The Morgan fingerprint density at radius 2 is 1.36 bits per heavy atom. The maximum absolute atomic E-state index is 11.9. The van der Waals surface area contributed by atoms with Crippen molar-refractivity contribution in [3.8, 4) is 5.75 Å². The second-order valence-electron chi connectivity index (χ2n) is 5.43. The van der Waals surface area contributed by atoms with Crippen LogP contribution in [0.2, 0.25) is 0 Å². The highest BCUT2D eigenvalue weighted by atomic mass is 16.3. The number of nitrogens with one attached hydrogen (secondary N) is 1. The Labute approximate surface area is 129 Å². The minimum Gasteiger partial charge on any atom is -0.507 e. The predicted octanol–water partition coefficient (Wildman–Crippen LogP) is 2.84. The zero-order valence-corrected chi connectivity index (χ0v) is 13.7. The molecule has 0 atom stereocenters. The fourth-order valence-electron chi connectivity index (χ4n) is 3.46. The second-order valence-corrected chi connectivity index (χ2v) is 5.43. The highest BCUT2D eigenvalue weighted by Gasteiger charge is 2.18. The van der Waals surface area contributed by atoms with E-state index in [-0.39, 0.29) is 5.75 Å². The molecule has 0 bridgehead atoms. The van der Waals surface area contributed by atoms with Gasteiger partial charge in [0.15, 0.2) is 0 Å². The van der Waals surface area contributed by atoms with Gasteiger partial charge in [0.2, 0.25) is 5.43 Å². The average Bonchev–Trinajstić information content (AvgIpc) is 2.62. The molecule has 1 heterocycles. The first-order valence-corrected chi connectivity index (χ1v) is 7.95. The third-order valence-corrected chi connectivity index (χ3v) is 4.35. The molecule has 0 radical (unpaired) electrons. The third kappa shape index (κ3) is 2.43. The first-order chi connectivity index (χ1) is 10.5. The second kappa shape index (κ2) is 6.34. The number of hydrogen-bond donors (Lipinski definition) is 2. The summed E-state index contributed by atoms with van der Waals surface area (Å²) in [6.45, 7) is 8.25. The smallest absolute Gasteiger partial charge is 0.296 e. The van der Waals surface area contributed by atoms with Gasteiger partial charge >= 0.3 is 0 Å². The fourth-order valence-corrected chi connectivity index (χ4v) is 3.46. The van der Waals surface area contributed by atoms with E-state index < -0.39 is 11.0 Å². The van der Waals surface area contributed by atoms with Gasteiger partial charge in [-0.3, -0.25) is 9.59 Å². The topological polar surface area (TPSA) is 70.2 Å². The highest BCUT2D eigenvalue weighted by molar-refractivity contribution is 5.92. The van der Waals surface area contributed by atoms with Gasteiger partial charge in [-0.15, -0.1) is 0 Å². The Hall–Kier alpha value is -2.10. The van der Waals surface area contributed by atoms with Crippen LogP contribution in [-0.4, -0.2) is 10.1 Å². The molecule has 4 heteroatoms. The molecule has 22 heavy (non-hydrogen) atoms. The quantitative estimate of drug-likeness (QED) is 0.853. The van der Waals surface area contributed by atoms with E-state index in [1.54, 1.807) is 0 Å². The van der Waals surface area contributed by atoms with Crippen LogP contribution >= 0.6 is 0 Å². The molecular weight excluding hydrogens is 278 g/mol. The summed E-state index contributed by atoms with van der Waals surface area (Å²) in [5.74, 6) is -0.109. The van der Waals surface area contributed by atoms with Crippen molar-refractivity contribution in [1.29, 1.82) is 0 Å². The van der Waals surface area contributed by atoms with E-state index in [4.69, 9.17) is 0 Å². The van der Waals surface area contributed by atoms with Crippen molar-refractivity contribution in [2.75, 3.05) is 0 Å². The van der Waals surface area contributed by atoms with E-state index in [2.05, 4.69) is 18.8 Å². The molecule has 0 aliphatic rings. The summed E-state index contributed by atoms with van der Waals surface area (Å²) >= 11 is 0. The van der Waals surface area contributed by atoms with E-state index in [0.717, 1.165) is 42.9 Å². The number of fused-ring (bicyclic) bond motifs is 1. The minimum absolute atomic E-state index is 0.109. The van der Waals surface area contributed by atoms with Gasteiger partial charge in [-0.05, 0) is 47.9 Å². The molecule has 0 aliphatic heterocycles. The standard InChI is InChI=1S/C18H23NO3/c1-5-10-11(6-2)13(8-4)17-16(12(10)7-3)14(20)9-15(21)18(22)19-17/h9,20H,5-8H2,1-4H3,(H,19,21,22). The van der Waals surface area contributed by atoms with Crippen molar-refractivity contribution in [2.45, 2.75) is 53.4 Å². The molecule has 1 aromatic heterocycles. The molecule has 4 nitrogen and oxygen atoms in total. The van der Waals surface area contributed by atoms with Gasteiger partial charge in [-0.25, -0.2) is 0 Å². The number of rotatable bonds is 4. The monoisotopic (exact) mass is 301 g/mol. The summed E-state index contributed by atoms with van der Waals surface area (Å²) in [5.41, 5.74) is 3.71. The number of hydrogen-bond acceptors (Lipinski definition) is 3. The maximum atomic E-state index is 11.9. The minimum atomic E-state index is -0.714. The molecule has 2 N–H and O–H groups in total. The number of H-pyrrole nitrogens is 1. The van der Waals surface area contributed by atoms with Crippen LogP contribution < -0.4 is 11.0 Å². The van der Waals surface area contributed by atoms with Gasteiger partial charge in [0.25, 0.3) is 5.56 Å². The molecule has 2 aromatic rings. The lowest BCUT2D eigenvalue weighted by atomic mass is 9.87. The van der Waals surface area contributed by atoms with Crippen LogP contribution in [-0.2, 0) is 25.7 Å². The first kappa shape index (κ1) is 16.3. The van der Waals surface area contributed by atoms with Crippen LogP contribution in [0.3, 0.4) is 0 Å². The van der Waals surface area contributed by atoms with Crippen LogP contribution in [0.1, 0.15) is 49.9 Å². The molecule has 2 rings (SSSR count). The van der Waals surface area contributed by atoms with Gasteiger partial charge in [0.1, 0.15) is 5.75 Å². The Bertz CT molecular complexity index is 834. The Morgan fingerprint density at radius 1 is 0.864 bits per heavy atom. The summed E-state index contributed by atoms with van der Waals surface area (Å²) in [4.78, 5) is 26.4. The molecule has 0 spiro atoms. The number of aromatic amines is 1. The summed E-state index contributed by atoms with van der Waals surface area (Å²) in [7, 11) is 0. The summed E-state index contributed by atoms with van der Waals surface area (Å²) < 4.78 is 0. The van der Waals surface area contributed by atoms with Crippen LogP contribution in [0.25, 0.3) is 10.9 Å². The Balaban J connectivity index is 3.25. The lowest BCUT2D eigenvalue weighted by molar-refractivity contribution is 0.481. The average molecular weight is 301 g/mol. The normalized spacial score (nSPS) is 11.1. The van der Waals surface area contributed by atoms with Crippen molar-refractivity contribution >= 4 is 10.9 Å². The zero-order valence-electron chi connectivity index (χ0n) is 13.7.